The van der Waals surface area contributed by atoms with Crippen molar-refractivity contribution in [2.45, 2.75) is 100 Å². The Morgan fingerprint density at radius 1 is 0.869 bits per heavy atom. The number of benzene rings is 1. The van der Waals surface area contributed by atoms with E-state index in [1.54, 1.807) is 30.3 Å². The van der Waals surface area contributed by atoms with Gasteiger partial charge in [0.15, 0.2) is 5.96 Å². The molecule has 0 aliphatic carbocycles. The molecule has 334 valence electrons. The fourth-order valence-corrected chi connectivity index (χ4v) is 7.57. The van der Waals surface area contributed by atoms with Crippen LogP contribution >= 0.6 is 11.8 Å². The Morgan fingerprint density at radius 3 is 2.16 bits per heavy atom. The van der Waals surface area contributed by atoms with E-state index in [0.29, 0.717) is 36.4 Å². The van der Waals surface area contributed by atoms with Gasteiger partial charge in [0.2, 0.25) is 35.4 Å². The number of aromatic nitrogens is 2. The molecule has 1 aromatic heterocycles. The molecule has 2 aliphatic heterocycles. The molecule has 2 aliphatic rings. The lowest BCUT2D eigenvalue weighted by atomic mass is 10.0. The molecule has 22 heteroatoms. The number of amides is 6. The quantitative estimate of drug-likeness (QED) is 0.0290. The van der Waals surface area contributed by atoms with Crippen LogP contribution in [0.5, 0.6) is 0 Å². The minimum Gasteiger partial charge on any atom is -0.480 e. The standard InChI is InChI=1S/C39H58N12O9S/c1-61-17-13-27(38(59)60)47-33(54)28(18-23-8-3-2-4-9-23)49-36(57)31-12-7-16-51(31)37(58)26(11-6-15-44-39(40)41)46-34(55)29(19-24-20-42-22-45-24)48-35(56)30(21-52)50-32(53)25-10-5-14-43-25/h2-4,8-9,20,22,25-31,43,52H,5-7,10-19,21H2,1H3,(H,42,45)(H,46,55)(H,47,54)(H,48,56)(H,49,57)(H,50,53)(H,59,60)(H4,40,41,44)/t25-,26-,27-,28-,29-,30-,31-/m0/s1. The second-order valence-electron chi connectivity index (χ2n) is 14.9. The van der Waals surface area contributed by atoms with Gasteiger partial charge >= 0.3 is 5.97 Å². The summed E-state index contributed by atoms with van der Waals surface area (Å²) >= 11 is 1.43. The molecule has 4 rings (SSSR count). The Hall–Kier alpha value is -5.74. The first kappa shape index (κ1) is 47.9. The molecule has 61 heavy (non-hydrogen) atoms. The number of aliphatic hydroxyl groups is 1. The number of imidazole rings is 1. The summed E-state index contributed by atoms with van der Waals surface area (Å²) in [6, 6.07) is 0.974. The van der Waals surface area contributed by atoms with Gasteiger partial charge in [-0.2, -0.15) is 11.8 Å². The predicted molar refractivity (Wildman–Crippen MR) is 225 cm³/mol. The predicted octanol–water partition coefficient (Wildman–Crippen LogP) is -2.75. The number of hydrogen-bond acceptors (Lipinski definition) is 12. The molecular formula is C39H58N12O9S. The van der Waals surface area contributed by atoms with E-state index in [9.17, 15) is 43.8 Å². The number of nitrogens with one attached hydrogen (secondary N) is 7. The van der Waals surface area contributed by atoms with Crippen molar-refractivity contribution in [2.24, 2.45) is 16.5 Å². The van der Waals surface area contributed by atoms with Gasteiger partial charge in [0.25, 0.3) is 0 Å². The summed E-state index contributed by atoms with van der Waals surface area (Å²) in [7, 11) is 0. The van der Waals surface area contributed by atoms with Gasteiger partial charge < -0.3 is 63.5 Å². The van der Waals surface area contributed by atoms with E-state index < -0.39 is 90.3 Å². The zero-order valence-electron chi connectivity index (χ0n) is 34.1. The number of aromatic amines is 1. The van der Waals surface area contributed by atoms with Crippen molar-refractivity contribution in [3.05, 3.63) is 54.1 Å². The normalized spacial score (nSPS) is 18.4. The molecule has 0 saturated carbocycles. The molecular weight excluding hydrogens is 813 g/mol. The lowest BCUT2D eigenvalue weighted by Gasteiger charge is -2.31. The van der Waals surface area contributed by atoms with E-state index in [1.807, 2.05) is 6.26 Å². The summed E-state index contributed by atoms with van der Waals surface area (Å²) < 4.78 is 0. The van der Waals surface area contributed by atoms with Crippen molar-refractivity contribution in [3.63, 3.8) is 0 Å². The highest BCUT2D eigenvalue weighted by Gasteiger charge is 2.40. The third-order valence-corrected chi connectivity index (χ3v) is 11.0. The third kappa shape index (κ3) is 15.0. The van der Waals surface area contributed by atoms with Crippen LogP contribution in [0.15, 0.2) is 47.8 Å². The molecule has 1 aromatic carbocycles. The van der Waals surface area contributed by atoms with Crippen molar-refractivity contribution >= 4 is 59.1 Å². The number of aliphatic carboxylic acids is 1. The average molecular weight is 871 g/mol. The first-order chi connectivity index (χ1) is 29.3. The number of rotatable bonds is 24. The van der Waals surface area contributed by atoms with Crippen LogP contribution in [-0.2, 0) is 46.4 Å². The van der Waals surface area contributed by atoms with Gasteiger partial charge in [-0.3, -0.25) is 33.8 Å². The zero-order valence-corrected chi connectivity index (χ0v) is 35.0. The molecule has 21 nitrogen and oxygen atoms in total. The maximum Gasteiger partial charge on any atom is 0.326 e. The van der Waals surface area contributed by atoms with Crippen LogP contribution < -0.4 is 43.4 Å². The number of carboxylic acid groups (broad SMARTS) is 1. The summed E-state index contributed by atoms with van der Waals surface area (Å²) in [6.07, 6.45) is 6.99. The molecule has 2 aromatic rings. The number of carbonyl (C=O) groups is 7. The molecule has 0 unspecified atom stereocenters. The Bertz CT molecular complexity index is 1810. The van der Waals surface area contributed by atoms with Gasteiger partial charge in [0.1, 0.15) is 36.3 Å². The van der Waals surface area contributed by atoms with Crippen molar-refractivity contribution in [3.8, 4) is 0 Å². The second kappa shape index (κ2) is 24.5. The number of guanidine groups is 1. The first-order valence-corrected chi connectivity index (χ1v) is 21.7. The molecule has 7 atom stereocenters. The Balaban J connectivity index is 1.54. The van der Waals surface area contributed by atoms with Gasteiger partial charge in [-0.15, -0.1) is 0 Å². The smallest absolute Gasteiger partial charge is 0.326 e. The number of aliphatic imine (C=N–C) groups is 1. The highest BCUT2D eigenvalue weighted by Crippen LogP contribution is 2.21. The van der Waals surface area contributed by atoms with E-state index in [4.69, 9.17) is 11.5 Å². The van der Waals surface area contributed by atoms with E-state index in [-0.39, 0.29) is 57.6 Å². The third-order valence-electron chi connectivity index (χ3n) is 10.3. The summed E-state index contributed by atoms with van der Waals surface area (Å²) in [5.74, 6) is -4.95. The topological polar surface area (TPSA) is 328 Å². The van der Waals surface area contributed by atoms with Gasteiger partial charge in [-0.25, -0.2) is 9.78 Å². The minimum atomic E-state index is -1.38. The van der Waals surface area contributed by atoms with Gasteiger partial charge in [-0.05, 0) is 69.1 Å². The van der Waals surface area contributed by atoms with Crippen molar-refractivity contribution in [2.75, 3.05) is 38.2 Å². The largest absolute Gasteiger partial charge is 0.480 e. The molecule has 2 saturated heterocycles. The molecule has 0 radical (unpaired) electrons. The molecule has 6 amide bonds. The number of carbonyl (C=O) groups excluding carboxylic acids is 6. The van der Waals surface area contributed by atoms with Crippen LogP contribution in [-0.4, -0.2) is 153 Å². The zero-order chi connectivity index (χ0) is 44.3. The fourth-order valence-electron chi connectivity index (χ4n) is 7.10. The van der Waals surface area contributed by atoms with Crippen LogP contribution in [0, 0.1) is 0 Å². The number of hydrogen-bond donors (Lipinski definition) is 11. The maximum atomic E-state index is 14.4. The van der Waals surface area contributed by atoms with Crippen molar-refractivity contribution < 1.29 is 43.8 Å². The van der Waals surface area contributed by atoms with Crippen LogP contribution in [0.1, 0.15) is 56.2 Å². The molecule has 0 spiro atoms. The Kier molecular flexibility index (Phi) is 19.3. The van der Waals surface area contributed by atoms with Crippen LogP contribution in [0.4, 0.5) is 0 Å². The highest BCUT2D eigenvalue weighted by atomic mass is 32.2. The Labute approximate surface area is 357 Å². The fraction of sp³-hybridized carbons (Fsp3) is 0.564. The molecule has 13 N–H and O–H groups in total. The molecule has 0 bridgehead atoms. The number of thioether (sulfide) groups is 1. The number of carboxylic acids is 1. The van der Waals surface area contributed by atoms with Gasteiger partial charge in [0.05, 0.1) is 19.0 Å². The number of H-pyrrole nitrogens is 1. The first-order valence-electron chi connectivity index (χ1n) is 20.3. The SMILES string of the molecule is CSCC[C@H](NC(=O)[C@H](Cc1ccccc1)NC(=O)[C@@H]1CCCN1C(=O)[C@H](CCCN=C(N)N)NC(=O)[C@H](Cc1cnc[nH]1)NC(=O)[C@H](CO)NC(=O)[C@@H]1CCCN1)C(=O)O. The number of likely N-dealkylation sites (tertiary alicyclic amines) is 1. The number of nitrogens with two attached hydrogens (primary N) is 2. The Morgan fingerprint density at radius 2 is 1.54 bits per heavy atom. The van der Waals surface area contributed by atoms with E-state index in [2.05, 4.69) is 46.9 Å². The summed E-state index contributed by atoms with van der Waals surface area (Å²) in [5, 5.41) is 36.0. The number of aliphatic hydroxyl groups excluding tert-OH is 1. The maximum absolute atomic E-state index is 14.4. The highest BCUT2D eigenvalue weighted by molar-refractivity contribution is 7.98. The van der Waals surface area contributed by atoms with Crippen LogP contribution in [0.3, 0.4) is 0 Å². The summed E-state index contributed by atoms with van der Waals surface area (Å²) in [5.41, 5.74) is 12.2. The molecule has 2 fully saturated rings. The minimum absolute atomic E-state index is 0.0201. The van der Waals surface area contributed by atoms with E-state index in [1.165, 1.54) is 29.2 Å². The van der Waals surface area contributed by atoms with Gasteiger partial charge in [0, 0.05) is 37.8 Å². The number of nitrogens with zero attached hydrogens (tertiary/aromatic N) is 3. The lowest BCUT2D eigenvalue weighted by molar-refractivity contribution is -0.143. The van der Waals surface area contributed by atoms with Crippen molar-refractivity contribution in [1.82, 2.24) is 46.8 Å². The average Bonchev–Trinajstić information content (AvgIpc) is 4.06. The monoisotopic (exact) mass is 870 g/mol. The lowest BCUT2D eigenvalue weighted by Crippen LogP contribution is -2.60. The van der Waals surface area contributed by atoms with Gasteiger partial charge in [-0.1, -0.05) is 30.3 Å². The van der Waals surface area contributed by atoms with Crippen LogP contribution in [0.25, 0.3) is 0 Å². The van der Waals surface area contributed by atoms with E-state index >= 15 is 0 Å². The van der Waals surface area contributed by atoms with Crippen LogP contribution in [0.2, 0.25) is 0 Å². The molecule has 3 heterocycles. The summed E-state index contributed by atoms with van der Waals surface area (Å²) in [6.45, 7) is 0.136. The van der Waals surface area contributed by atoms with Crippen molar-refractivity contribution in [1.29, 1.82) is 0 Å². The summed E-state index contributed by atoms with van der Waals surface area (Å²) in [4.78, 5) is 107. The van der Waals surface area contributed by atoms with E-state index in [0.717, 1.165) is 6.42 Å². The second-order valence-corrected chi connectivity index (χ2v) is 15.9.